The minimum absolute atomic E-state index is 0.0557. The van der Waals surface area contributed by atoms with E-state index >= 15 is 0 Å². The van der Waals surface area contributed by atoms with E-state index in [1.54, 1.807) is 6.07 Å². The van der Waals surface area contributed by atoms with Crippen LogP contribution in [0.2, 0.25) is 0 Å². The Morgan fingerprint density at radius 3 is 2.83 bits per heavy atom. The molecule has 35 heavy (non-hydrogen) atoms. The first-order valence-electron chi connectivity index (χ1n) is 11.8. The van der Waals surface area contributed by atoms with E-state index in [-0.39, 0.29) is 12.0 Å². The van der Waals surface area contributed by atoms with Gasteiger partial charge in [0.2, 0.25) is 0 Å². The van der Waals surface area contributed by atoms with Crippen LogP contribution in [-0.4, -0.2) is 35.0 Å². The lowest BCUT2D eigenvalue weighted by molar-refractivity contribution is -0.137. The van der Waals surface area contributed by atoms with E-state index in [0.29, 0.717) is 36.2 Å². The number of allylic oxidation sites excluding steroid dienone is 2. The molecule has 1 aliphatic carbocycles. The number of ether oxygens (including phenoxy) is 2. The van der Waals surface area contributed by atoms with Crippen LogP contribution in [0, 0.1) is 12.8 Å². The Morgan fingerprint density at radius 2 is 2.06 bits per heavy atom. The van der Waals surface area contributed by atoms with E-state index in [9.17, 15) is 13.2 Å². The largest absolute Gasteiger partial charge is 0.486 e. The molecule has 3 atom stereocenters. The van der Waals surface area contributed by atoms with Gasteiger partial charge < -0.3 is 14.8 Å². The van der Waals surface area contributed by atoms with Gasteiger partial charge in [0.1, 0.15) is 23.5 Å². The highest BCUT2D eigenvalue weighted by molar-refractivity contribution is 6.06. The number of rotatable bonds is 5. The summed E-state index contributed by atoms with van der Waals surface area (Å²) in [7, 11) is 0. The van der Waals surface area contributed by atoms with Crippen molar-refractivity contribution in [3.63, 3.8) is 0 Å². The molecule has 0 spiro atoms. The predicted octanol–water partition coefficient (Wildman–Crippen LogP) is 5.65. The van der Waals surface area contributed by atoms with Gasteiger partial charge in [0.25, 0.3) is 0 Å². The van der Waals surface area contributed by atoms with Gasteiger partial charge in [0, 0.05) is 30.1 Å². The Hall–Kier alpha value is -3.20. The maximum atomic E-state index is 13.2. The standard InChI is InChI=1S/C26H27F3N4O2/c1-15(18-4-3-5-19(12-18)26(27,28)29)31-25-21-13-23(35-20-9-11-34-14-20)24-17(8-10-30-24)6-7-22(21)32-16(2)33-25/h3-5,8,10,12-13,15,17,20H,6-7,9,11,14H2,1-2H3,(H,31,32,33)/b23-13+/t15-,17?,20+/m1/s1. The van der Waals surface area contributed by atoms with E-state index in [4.69, 9.17) is 14.5 Å². The molecule has 1 N–H and O–H groups in total. The Bertz CT molecular complexity index is 1200. The highest BCUT2D eigenvalue weighted by atomic mass is 19.4. The Morgan fingerprint density at radius 1 is 1.20 bits per heavy atom. The first kappa shape index (κ1) is 23.5. The number of aryl methyl sites for hydroxylation is 2. The van der Waals surface area contributed by atoms with E-state index in [0.717, 1.165) is 42.3 Å². The average Bonchev–Trinajstić information content (AvgIpc) is 3.49. The summed E-state index contributed by atoms with van der Waals surface area (Å²) in [5.41, 5.74) is 2.37. The first-order valence-corrected chi connectivity index (χ1v) is 11.8. The quantitative estimate of drug-likeness (QED) is 0.594. The molecule has 1 aromatic heterocycles. The number of halogens is 3. The summed E-state index contributed by atoms with van der Waals surface area (Å²) in [6.45, 7) is 4.82. The maximum absolute atomic E-state index is 13.2. The fraction of sp³-hybridized carbons (Fsp3) is 0.423. The van der Waals surface area contributed by atoms with E-state index in [1.165, 1.54) is 12.1 Å². The third kappa shape index (κ3) is 5.10. The second-order valence-corrected chi connectivity index (χ2v) is 9.08. The molecule has 5 rings (SSSR count). The number of aliphatic imine (C=N–C) groups is 1. The van der Waals surface area contributed by atoms with Gasteiger partial charge in [-0.05, 0) is 50.5 Å². The fourth-order valence-electron chi connectivity index (χ4n) is 4.63. The molecule has 2 aliphatic heterocycles. The van der Waals surface area contributed by atoms with E-state index in [2.05, 4.69) is 21.4 Å². The zero-order chi connectivity index (χ0) is 24.6. The predicted molar refractivity (Wildman–Crippen MR) is 127 cm³/mol. The number of hydrogen-bond donors (Lipinski definition) is 1. The van der Waals surface area contributed by atoms with Gasteiger partial charge in [-0.25, -0.2) is 9.97 Å². The van der Waals surface area contributed by atoms with Crippen LogP contribution < -0.4 is 5.32 Å². The first-order chi connectivity index (χ1) is 16.8. The molecule has 1 fully saturated rings. The lowest BCUT2D eigenvalue weighted by Gasteiger charge is -2.24. The highest BCUT2D eigenvalue weighted by Crippen LogP contribution is 2.34. The monoisotopic (exact) mass is 484 g/mol. The lowest BCUT2D eigenvalue weighted by Crippen LogP contribution is -2.23. The van der Waals surface area contributed by atoms with Crippen molar-refractivity contribution < 1.29 is 22.6 Å². The summed E-state index contributed by atoms with van der Waals surface area (Å²) in [4.78, 5) is 13.9. The van der Waals surface area contributed by atoms with Crippen LogP contribution in [0.15, 0.2) is 47.3 Å². The molecule has 1 saturated heterocycles. The Labute approximate surface area is 202 Å². The molecule has 0 saturated carbocycles. The SMILES string of the molecule is Cc1nc2c(c(N[C@H](C)c3cccc(C(F)(F)F)c3)n1)/C=C(/O[C@H]1CCOC1)C1=NC=CC1CC2. The fourth-order valence-corrected chi connectivity index (χ4v) is 4.63. The number of benzene rings is 1. The van der Waals surface area contributed by atoms with Crippen molar-refractivity contribution in [2.24, 2.45) is 10.9 Å². The summed E-state index contributed by atoms with van der Waals surface area (Å²) >= 11 is 0. The highest BCUT2D eigenvalue weighted by Gasteiger charge is 2.32. The molecule has 3 aliphatic rings. The van der Waals surface area contributed by atoms with Crippen LogP contribution in [0.4, 0.5) is 19.0 Å². The smallest absolute Gasteiger partial charge is 0.416 e. The molecule has 1 aromatic carbocycles. The van der Waals surface area contributed by atoms with Gasteiger partial charge in [-0.1, -0.05) is 18.2 Å². The van der Waals surface area contributed by atoms with Gasteiger partial charge in [0.05, 0.1) is 30.2 Å². The summed E-state index contributed by atoms with van der Waals surface area (Å²) in [5, 5.41) is 3.33. The number of alkyl halides is 3. The van der Waals surface area contributed by atoms with Crippen molar-refractivity contribution in [1.29, 1.82) is 0 Å². The van der Waals surface area contributed by atoms with Crippen LogP contribution in [0.1, 0.15) is 54.0 Å². The molecule has 0 bridgehead atoms. The number of nitrogens with zero attached hydrogens (tertiary/aromatic N) is 3. The molecular formula is C26H27F3N4O2. The zero-order valence-electron chi connectivity index (χ0n) is 19.6. The lowest BCUT2D eigenvalue weighted by atomic mass is 9.91. The second kappa shape index (κ2) is 9.45. The molecule has 3 heterocycles. The van der Waals surface area contributed by atoms with Crippen molar-refractivity contribution in [2.75, 3.05) is 18.5 Å². The number of anilines is 1. The van der Waals surface area contributed by atoms with Crippen molar-refractivity contribution in [2.45, 2.75) is 51.4 Å². The van der Waals surface area contributed by atoms with Crippen LogP contribution in [-0.2, 0) is 22.1 Å². The van der Waals surface area contributed by atoms with Crippen LogP contribution in [0.5, 0.6) is 0 Å². The summed E-state index contributed by atoms with van der Waals surface area (Å²) < 4.78 is 51.6. The second-order valence-electron chi connectivity index (χ2n) is 9.08. The summed E-state index contributed by atoms with van der Waals surface area (Å²) in [6.07, 6.45) is 3.70. The van der Waals surface area contributed by atoms with Crippen LogP contribution >= 0.6 is 0 Å². The number of nitrogens with one attached hydrogen (secondary N) is 1. The number of aromatic nitrogens is 2. The normalized spacial score (nSPS) is 23.9. The molecule has 184 valence electrons. The molecule has 9 heteroatoms. The van der Waals surface area contributed by atoms with Gasteiger partial charge in [-0.3, -0.25) is 4.99 Å². The van der Waals surface area contributed by atoms with Gasteiger partial charge in [0.15, 0.2) is 0 Å². The number of fused-ring (bicyclic) bond motifs is 2. The Kier molecular flexibility index (Phi) is 6.35. The molecule has 2 aromatic rings. The van der Waals surface area contributed by atoms with Crippen molar-refractivity contribution in [3.8, 4) is 0 Å². The zero-order valence-corrected chi connectivity index (χ0v) is 19.6. The maximum Gasteiger partial charge on any atom is 0.416 e. The van der Waals surface area contributed by atoms with Gasteiger partial charge >= 0.3 is 6.18 Å². The van der Waals surface area contributed by atoms with Crippen molar-refractivity contribution >= 4 is 17.6 Å². The molecule has 1 unspecified atom stereocenters. The van der Waals surface area contributed by atoms with Crippen molar-refractivity contribution in [1.82, 2.24) is 9.97 Å². The summed E-state index contributed by atoms with van der Waals surface area (Å²) in [5.74, 6) is 1.97. The van der Waals surface area contributed by atoms with E-state index < -0.39 is 17.8 Å². The third-order valence-electron chi connectivity index (χ3n) is 6.49. The van der Waals surface area contributed by atoms with Crippen LogP contribution in [0.25, 0.3) is 6.08 Å². The Balaban J connectivity index is 1.52. The summed E-state index contributed by atoms with van der Waals surface area (Å²) in [6, 6.07) is 4.93. The molecule has 0 radical (unpaired) electrons. The van der Waals surface area contributed by atoms with Crippen LogP contribution in [0.3, 0.4) is 0 Å². The van der Waals surface area contributed by atoms with Gasteiger partial charge in [-0.15, -0.1) is 0 Å². The third-order valence-corrected chi connectivity index (χ3v) is 6.49. The topological polar surface area (TPSA) is 68.6 Å². The van der Waals surface area contributed by atoms with Gasteiger partial charge in [-0.2, -0.15) is 13.2 Å². The minimum atomic E-state index is -4.40. The number of hydrogen-bond acceptors (Lipinski definition) is 6. The molecule has 0 amide bonds. The molecule has 6 nitrogen and oxygen atoms in total. The van der Waals surface area contributed by atoms with Crippen molar-refractivity contribution in [3.05, 3.63) is 70.5 Å². The average molecular weight is 485 g/mol. The minimum Gasteiger partial charge on any atom is -0.486 e. The molecular weight excluding hydrogens is 457 g/mol. The van der Waals surface area contributed by atoms with E-state index in [1.807, 2.05) is 26.1 Å².